The molecule has 6 heteroatoms. The van der Waals surface area contributed by atoms with Gasteiger partial charge in [-0.15, -0.1) is 0 Å². The van der Waals surface area contributed by atoms with Crippen LogP contribution in [0.4, 0.5) is 5.69 Å². The van der Waals surface area contributed by atoms with Crippen molar-refractivity contribution in [1.82, 2.24) is 9.80 Å². The minimum atomic E-state index is 0.0791. The average molecular weight is 304 g/mol. The fraction of sp³-hybridized carbons (Fsp3) is 0.500. The number of aryl methyl sites for hydroxylation is 1. The van der Waals surface area contributed by atoms with E-state index in [0.717, 1.165) is 29.4 Å². The molecule has 0 unspecified atom stereocenters. The summed E-state index contributed by atoms with van der Waals surface area (Å²) < 4.78 is 5.75. The van der Waals surface area contributed by atoms with E-state index in [2.05, 4.69) is 10.3 Å². The molecule has 0 aromatic heterocycles. The molecule has 1 amide bonds. The fourth-order valence-electron chi connectivity index (χ4n) is 2.44. The third-order valence-corrected chi connectivity index (χ3v) is 3.39. The van der Waals surface area contributed by atoms with Crippen molar-refractivity contribution in [2.75, 3.05) is 46.7 Å². The van der Waals surface area contributed by atoms with E-state index in [1.165, 1.54) is 0 Å². The predicted octanol–water partition coefficient (Wildman–Crippen LogP) is 1.43. The zero-order valence-electron chi connectivity index (χ0n) is 13.7. The first kappa shape index (κ1) is 16.1. The van der Waals surface area contributed by atoms with Crippen LogP contribution in [0.25, 0.3) is 0 Å². The number of amides is 1. The number of carbonyl (C=O) groups excluding carboxylic acids is 1. The Bertz CT molecular complexity index is 557. The molecule has 1 heterocycles. The van der Waals surface area contributed by atoms with Crippen LogP contribution in [0.1, 0.15) is 12.0 Å². The molecule has 22 heavy (non-hydrogen) atoms. The number of carbonyl (C=O) groups is 1. The number of hydrogen-bond donors (Lipinski definition) is 1. The first-order chi connectivity index (χ1) is 10.5. The maximum atomic E-state index is 11.3. The van der Waals surface area contributed by atoms with Gasteiger partial charge in [-0.2, -0.15) is 0 Å². The van der Waals surface area contributed by atoms with Crippen molar-refractivity contribution in [1.29, 1.82) is 0 Å². The van der Waals surface area contributed by atoms with E-state index >= 15 is 0 Å². The van der Waals surface area contributed by atoms with Gasteiger partial charge in [-0.25, -0.2) is 4.99 Å². The van der Waals surface area contributed by atoms with Crippen LogP contribution in [0.5, 0.6) is 5.75 Å². The largest absolute Gasteiger partial charge is 0.492 e. The highest BCUT2D eigenvalue weighted by molar-refractivity contribution is 5.94. The molecule has 1 N–H and O–H groups in total. The first-order valence-corrected chi connectivity index (χ1v) is 7.42. The second-order valence-electron chi connectivity index (χ2n) is 5.69. The van der Waals surface area contributed by atoms with Crippen molar-refractivity contribution in [3.8, 4) is 5.75 Å². The summed E-state index contributed by atoms with van der Waals surface area (Å²) in [4.78, 5) is 19.8. The molecule has 2 rings (SSSR count). The summed E-state index contributed by atoms with van der Waals surface area (Å²) in [6, 6.07) is 5.78. The lowest BCUT2D eigenvalue weighted by atomic mass is 10.0. The van der Waals surface area contributed by atoms with Gasteiger partial charge in [0.25, 0.3) is 0 Å². The molecule has 1 aliphatic heterocycles. The quantitative estimate of drug-likeness (QED) is 0.519. The summed E-state index contributed by atoms with van der Waals surface area (Å²) >= 11 is 0. The number of benzene rings is 1. The molecule has 0 aliphatic carbocycles. The Morgan fingerprint density at radius 3 is 2.64 bits per heavy atom. The summed E-state index contributed by atoms with van der Waals surface area (Å²) in [5, 5.41) is 2.87. The van der Waals surface area contributed by atoms with E-state index in [1.54, 1.807) is 0 Å². The van der Waals surface area contributed by atoms with Gasteiger partial charge in [-0.3, -0.25) is 4.79 Å². The maximum Gasteiger partial charge on any atom is 0.224 e. The lowest BCUT2D eigenvalue weighted by Crippen LogP contribution is -2.35. The molecule has 120 valence electrons. The number of aliphatic imine (C=N–C) groups is 1. The zero-order chi connectivity index (χ0) is 16.1. The van der Waals surface area contributed by atoms with Gasteiger partial charge in [-0.1, -0.05) is 0 Å². The molecule has 0 spiro atoms. The SMILES string of the molecule is CN(C)C(=NCCOc1ccc2c(c1)CCC(=O)N2)N(C)C. The Labute approximate surface area is 131 Å². The molecule has 0 saturated heterocycles. The molecule has 0 saturated carbocycles. The third-order valence-electron chi connectivity index (χ3n) is 3.39. The van der Waals surface area contributed by atoms with Crippen molar-refractivity contribution in [2.24, 2.45) is 4.99 Å². The Morgan fingerprint density at radius 2 is 1.95 bits per heavy atom. The minimum Gasteiger partial charge on any atom is -0.492 e. The molecule has 0 radical (unpaired) electrons. The number of anilines is 1. The summed E-state index contributed by atoms with van der Waals surface area (Å²) in [5.41, 5.74) is 2.02. The normalized spacial score (nSPS) is 13.0. The predicted molar refractivity (Wildman–Crippen MR) is 88.6 cm³/mol. The van der Waals surface area contributed by atoms with E-state index in [4.69, 9.17) is 4.74 Å². The minimum absolute atomic E-state index is 0.0791. The lowest BCUT2D eigenvalue weighted by molar-refractivity contribution is -0.116. The van der Waals surface area contributed by atoms with Crippen LogP contribution in [-0.2, 0) is 11.2 Å². The number of guanidine groups is 1. The highest BCUT2D eigenvalue weighted by atomic mass is 16.5. The van der Waals surface area contributed by atoms with E-state index in [1.807, 2.05) is 56.2 Å². The highest BCUT2D eigenvalue weighted by Gasteiger charge is 2.14. The Morgan fingerprint density at radius 1 is 1.23 bits per heavy atom. The van der Waals surface area contributed by atoms with Gasteiger partial charge < -0.3 is 19.9 Å². The fourth-order valence-corrected chi connectivity index (χ4v) is 2.44. The van der Waals surface area contributed by atoms with Crippen LogP contribution < -0.4 is 10.1 Å². The number of ether oxygens (including phenoxy) is 1. The Kier molecular flexibility index (Phi) is 5.25. The highest BCUT2D eigenvalue weighted by Crippen LogP contribution is 2.26. The molecule has 0 atom stereocenters. The van der Waals surface area contributed by atoms with Crippen molar-refractivity contribution in [3.05, 3.63) is 23.8 Å². The van der Waals surface area contributed by atoms with Crippen LogP contribution in [0, 0.1) is 0 Å². The van der Waals surface area contributed by atoms with Gasteiger partial charge >= 0.3 is 0 Å². The third kappa shape index (κ3) is 4.13. The van der Waals surface area contributed by atoms with Gasteiger partial charge in [0.15, 0.2) is 5.96 Å². The van der Waals surface area contributed by atoms with Crippen molar-refractivity contribution in [3.63, 3.8) is 0 Å². The molecule has 6 nitrogen and oxygen atoms in total. The second kappa shape index (κ2) is 7.15. The molecular formula is C16H24N4O2. The Hall–Kier alpha value is -2.24. The van der Waals surface area contributed by atoms with E-state index < -0.39 is 0 Å². The van der Waals surface area contributed by atoms with Crippen molar-refractivity contribution >= 4 is 17.6 Å². The maximum absolute atomic E-state index is 11.3. The number of nitrogens with zero attached hydrogens (tertiary/aromatic N) is 3. The summed E-state index contributed by atoms with van der Waals surface area (Å²) in [7, 11) is 7.88. The van der Waals surface area contributed by atoms with Gasteiger partial charge in [0, 0.05) is 40.3 Å². The topological polar surface area (TPSA) is 57.2 Å². The van der Waals surface area contributed by atoms with Crippen LogP contribution >= 0.6 is 0 Å². The summed E-state index contributed by atoms with van der Waals surface area (Å²) in [6.07, 6.45) is 1.30. The molecule has 1 aliphatic rings. The van der Waals surface area contributed by atoms with Gasteiger partial charge in [0.05, 0.1) is 6.54 Å². The van der Waals surface area contributed by atoms with E-state index in [9.17, 15) is 4.79 Å². The first-order valence-electron chi connectivity index (χ1n) is 7.42. The summed E-state index contributed by atoms with van der Waals surface area (Å²) in [6.45, 7) is 1.12. The standard InChI is InChI=1S/C16H24N4O2/c1-19(2)16(20(3)4)17-9-10-22-13-6-7-14-12(11-13)5-8-15(21)18-14/h6-7,11H,5,8-10H2,1-4H3,(H,18,21). The van der Waals surface area contributed by atoms with Crippen LogP contribution in [-0.4, -0.2) is 63.0 Å². The number of nitrogens with one attached hydrogen (secondary N) is 1. The van der Waals surface area contributed by atoms with Crippen LogP contribution in [0.3, 0.4) is 0 Å². The van der Waals surface area contributed by atoms with Crippen LogP contribution in [0.2, 0.25) is 0 Å². The number of rotatable bonds is 4. The summed E-state index contributed by atoms with van der Waals surface area (Å²) in [5.74, 6) is 1.81. The van der Waals surface area contributed by atoms with Crippen molar-refractivity contribution in [2.45, 2.75) is 12.8 Å². The van der Waals surface area contributed by atoms with E-state index in [-0.39, 0.29) is 5.91 Å². The average Bonchev–Trinajstić information content (AvgIpc) is 2.46. The second-order valence-corrected chi connectivity index (χ2v) is 5.69. The van der Waals surface area contributed by atoms with Gasteiger partial charge in [0.2, 0.25) is 5.91 Å². The van der Waals surface area contributed by atoms with Gasteiger partial charge in [-0.05, 0) is 30.2 Å². The number of hydrogen-bond acceptors (Lipinski definition) is 3. The molecule has 0 bridgehead atoms. The Balaban J connectivity index is 1.90. The molecular weight excluding hydrogens is 280 g/mol. The molecule has 1 aromatic carbocycles. The van der Waals surface area contributed by atoms with E-state index in [0.29, 0.717) is 19.6 Å². The van der Waals surface area contributed by atoms with Crippen molar-refractivity contribution < 1.29 is 9.53 Å². The smallest absolute Gasteiger partial charge is 0.224 e. The van der Waals surface area contributed by atoms with Crippen LogP contribution in [0.15, 0.2) is 23.2 Å². The monoisotopic (exact) mass is 304 g/mol. The number of fused-ring (bicyclic) bond motifs is 1. The zero-order valence-corrected chi connectivity index (χ0v) is 13.7. The molecule has 0 fully saturated rings. The molecule has 1 aromatic rings. The van der Waals surface area contributed by atoms with Gasteiger partial charge in [0.1, 0.15) is 12.4 Å². The lowest BCUT2D eigenvalue weighted by Gasteiger charge is -2.22.